The molecule has 1 fully saturated rings. The van der Waals surface area contributed by atoms with Crippen LogP contribution in [-0.2, 0) is 4.74 Å². The molecular formula is C6H12O2S. The zero-order valence-corrected chi connectivity index (χ0v) is 6.36. The molecule has 3 heteroatoms. The van der Waals surface area contributed by atoms with Crippen molar-refractivity contribution in [3.63, 3.8) is 0 Å². The predicted molar refractivity (Wildman–Crippen MR) is 38.7 cm³/mol. The number of thioether (sulfide) groups is 1. The lowest BCUT2D eigenvalue weighted by Gasteiger charge is -2.24. The van der Waals surface area contributed by atoms with Crippen molar-refractivity contribution in [2.24, 2.45) is 0 Å². The van der Waals surface area contributed by atoms with Crippen LogP contribution in [0.3, 0.4) is 0 Å². The molecule has 54 valence electrons. The van der Waals surface area contributed by atoms with Crippen molar-refractivity contribution in [1.82, 2.24) is 0 Å². The van der Waals surface area contributed by atoms with Gasteiger partial charge < -0.3 is 9.84 Å². The Bertz CT molecular complexity index is 79.1. The Hall–Kier alpha value is 0.270. The zero-order valence-electron chi connectivity index (χ0n) is 5.54. The maximum absolute atomic E-state index is 9.04. The Morgan fingerprint density at radius 1 is 1.78 bits per heavy atom. The maximum atomic E-state index is 9.04. The summed E-state index contributed by atoms with van der Waals surface area (Å²) in [5.74, 6) is 2.01. The van der Waals surface area contributed by atoms with Gasteiger partial charge in [-0.3, -0.25) is 0 Å². The van der Waals surface area contributed by atoms with Crippen LogP contribution in [0, 0.1) is 0 Å². The van der Waals surface area contributed by atoms with Gasteiger partial charge in [0.15, 0.2) is 0 Å². The number of aliphatic hydroxyl groups is 1. The molecular weight excluding hydrogens is 136 g/mol. The standard InChI is InChI=1S/C6H12O2S/c1-5(7)6-4-9-3-2-8-6/h5-7H,2-4H2,1H3. The van der Waals surface area contributed by atoms with E-state index in [4.69, 9.17) is 9.84 Å². The van der Waals surface area contributed by atoms with Crippen molar-refractivity contribution in [1.29, 1.82) is 0 Å². The Kier molecular flexibility index (Phi) is 2.82. The molecule has 2 unspecified atom stereocenters. The zero-order chi connectivity index (χ0) is 6.69. The third-order valence-electron chi connectivity index (χ3n) is 1.38. The van der Waals surface area contributed by atoms with Gasteiger partial charge in [-0.2, -0.15) is 11.8 Å². The van der Waals surface area contributed by atoms with Crippen LogP contribution in [0.2, 0.25) is 0 Å². The van der Waals surface area contributed by atoms with Gasteiger partial charge in [-0.25, -0.2) is 0 Å². The van der Waals surface area contributed by atoms with Crippen molar-refractivity contribution in [3.8, 4) is 0 Å². The Labute approximate surface area is 59.6 Å². The molecule has 1 saturated heterocycles. The highest BCUT2D eigenvalue weighted by atomic mass is 32.2. The van der Waals surface area contributed by atoms with E-state index in [-0.39, 0.29) is 12.2 Å². The minimum atomic E-state index is -0.308. The van der Waals surface area contributed by atoms with Crippen LogP contribution in [0.4, 0.5) is 0 Å². The van der Waals surface area contributed by atoms with Gasteiger partial charge in [0.2, 0.25) is 0 Å². The quantitative estimate of drug-likeness (QED) is 0.587. The SMILES string of the molecule is CC(O)C1CSCCO1. The van der Waals surface area contributed by atoms with Crippen molar-refractivity contribution in [3.05, 3.63) is 0 Å². The van der Waals surface area contributed by atoms with Gasteiger partial charge in [0, 0.05) is 11.5 Å². The Morgan fingerprint density at radius 2 is 2.56 bits per heavy atom. The van der Waals surface area contributed by atoms with Gasteiger partial charge in [-0.1, -0.05) is 0 Å². The van der Waals surface area contributed by atoms with Gasteiger partial charge in [-0.15, -0.1) is 0 Å². The van der Waals surface area contributed by atoms with Gasteiger partial charge in [0.25, 0.3) is 0 Å². The van der Waals surface area contributed by atoms with Crippen molar-refractivity contribution in [2.75, 3.05) is 18.1 Å². The molecule has 1 heterocycles. The van der Waals surface area contributed by atoms with Crippen LogP contribution in [0.1, 0.15) is 6.92 Å². The van der Waals surface area contributed by atoms with E-state index in [1.807, 2.05) is 11.8 Å². The minimum absolute atomic E-state index is 0.0729. The number of ether oxygens (including phenoxy) is 1. The van der Waals surface area contributed by atoms with Gasteiger partial charge >= 0.3 is 0 Å². The smallest absolute Gasteiger partial charge is 0.0921 e. The first-order valence-corrected chi connectivity index (χ1v) is 4.33. The lowest BCUT2D eigenvalue weighted by atomic mass is 10.2. The highest BCUT2D eigenvalue weighted by Crippen LogP contribution is 2.14. The number of hydrogen-bond donors (Lipinski definition) is 1. The van der Waals surface area contributed by atoms with Gasteiger partial charge in [-0.05, 0) is 6.92 Å². The van der Waals surface area contributed by atoms with Crippen molar-refractivity contribution >= 4 is 11.8 Å². The summed E-state index contributed by atoms with van der Waals surface area (Å²) < 4.78 is 5.27. The molecule has 0 spiro atoms. The average Bonchev–Trinajstić information content (AvgIpc) is 1.90. The van der Waals surface area contributed by atoms with Gasteiger partial charge in [0.05, 0.1) is 18.8 Å². The summed E-state index contributed by atoms with van der Waals surface area (Å²) in [6, 6.07) is 0. The molecule has 0 aliphatic carbocycles. The molecule has 0 radical (unpaired) electrons. The topological polar surface area (TPSA) is 29.5 Å². The van der Waals surface area contributed by atoms with E-state index in [1.54, 1.807) is 6.92 Å². The Morgan fingerprint density at radius 3 is 2.89 bits per heavy atom. The summed E-state index contributed by atoms with van der Waals surface area (Å²) in [4.78, 5) is 0. The van der Waals surface area contributed by atoms with E-state index in [1.165, 1.54) is 0 Å². The van der Waals surface area contributed by atoms with Crippen LogP contribution >= 0.6 is 11.8 Å². The van der Waals surface area contributed by atoms with E-state index >= 15 is 0 Å². The van der Waals surface area contributed by atoms with E-state index in [2.05, 4.69) is 0 Å². The Balaban J connectivity index is 2.23. The molecule has 1 N–H and O–H groups in total. The van der Waals surface area contributed by atoms with E-state index in [0.29, 0.717) is 0 Å². The van der Waals surface area contributed by atoms with Crippen molar-refractivity contribution in [2.45, 2.75) is 19.1 Å². The summed E-state index contributed by atoms with van der Waals surface area (Å²) in [6.07, 6.45) is -0.235. The highest BCUT2D eigenvalue weighted by Gasteiger charge is 2.18. The van der Waals surface area contributed by atoms with Crippen LogP contribution in [0.5, 0.6) is 0 Å². The second-order valence-electron chi connectivity index (χ2n) is 2.22. The molecule has 2 atom stereocenters. The van der Waals surface area contributed by atoms with Crippen LogP contribution in [0.25, 0.3) is 0 Å². The second-order valence-corrected chi connectivity index (χ2v) is 3.37. The third kappa shape index (κ3) is 2.16. The molecule has 0 amide bonds. The molecule has 1 aliphatic rings. The van der Waals surface area contributed by atoms with Crippen LogP contribution in [-0.4, -0.2) is 35.4 Å². The second kappa shape index (κ2) is 3.44. The van der Waals surface area contributed by atoms with E-state index in [0.717, 1.165) is 18.1 Å². The molecule has 0 aromatic rings. The molecule has 0 aromatic heterocycles. The largest absolute Gasteiger partial charge is 0.391 e. The highest BCUT2D eigenvalue weighted by molar-refractivity contribution is 7.99. The molecule has 1 rings (SSSR count). The number of hydrogen-bond acceptors (Lipinski definition) is 3. The summed E-state index contributed by atoms with van der Waals surface area (Å²) >= 11 is 1.85. The fourth-order valence-corrected chi connectivity index (χ4v) is 1.77. The normalized spacial score (nSPS) is 32.0. The molecule has 2 nitrogen and oxygen atoms in total. The fourth-order valence-electron chi connectivity index (χ4n) is 0.785. The molecule has 0 bridgehead atoms. The first-order chi connectivity index (χ1) is 4.30. The molecule has 9 heavy (non-hydrogen) atoms. The lowest BCUT2D eigenvalue weighted by Crippen LogP contribution is -2.32. The summed E-state index contributed by atoms with van der Waals surface area (Å²) in [7, 11) is 0. The number of rotatable bonds is 1. The third-order valence-corrected chi connectivity index (χ3v) is 2.40. The average molecular weight is 148 g/mol. The minimum Gasteiger partial charge on any atom is -0.391 e. The lowest BCUT2D eigenvalue weighted by molar-refractivity contribution is -0.0126. The monoisotopic (exact) mass is 148 g/mol. The van der Waals surface area contributed by atoms with Gasteiger partial charge in [0.1, 0.15) is 0 Å². The predicted octanol–water partition coefficient (Wildman–Crippen LogP) is 0.499. The van der Waals surface area contributed by atoms with Crippen LogP contribution in [0.15, 0.2) is 0 Å². The number of aliphatic hydroxyl groups excluding tert-OH is 1. The summed E-state index contributed by atoms with van der Waals surface area (Å²) in [5.41, 5.74) is 0. The van der Waals surface area contributed by atoms with Crippen LogP contribution < -0.4 is 0 Å². The molecule has 0 aromatic carbocycles. The first-order valence-electron chi connectivity index (χ1n) is 3.18. The molecule has 0 saturated carbocycles. The van der Waals surface area contributed by atoms with E-state index < -0.39 is 0 Å². The van der Waals surface area contributed by atoms with E-state index in [9.17, 15) is 0 Å². The fraction of sp³-hybridized carbons (Fsp3) is 1.00. The maximum Gasteiger partial charge on any atom is 0.0921 e. The first kappa shape index (κ1) is 7.38. The summed E-state index contributed by atoms with van der Waals surface area (Å²) in [6.45, 7) is 2.57. The summed E-state index contributed by atoms with van der Waals surface area (Å²) in [5, 5.41) is 9.04. The van der Waals surface area contributed by atoms with Crippen molar-refractivity contribution < 1.29 is 9.84 Å². The molecule has 1 aliphatic heterocycles.